The smallest absolute Gasteiger partial charge is 0.309 e. The van der Waals surface area contributed by atoms with E-state index in [1.165, 1.54) is 0 Å². The third-order valence-electron chi connectivity index (χ3n) is 6.51. The maximum absolute atomic E-state index is 12.7. The van der Waals surface area contributed by atoms with E-state index in [0.29, 0.717) is 12.0 Å². The van der Waals surface area contributed by atoms with Crippen LogP contribution in [0.2, 0.25) is 0 Å². The molecule has 3 rings (SSSR count). The topological polar surface area (TPSA) is 74.6 Å². The van der Waals surface area contributed by atoms with Crippen LogP contribution in [0.1, 0.15) is 80.8 Å². The molecule has 0 heterocycles. The average Bonchev–Trinajstić information content (AvgIpc) is 2.49. The fraction of sp³-hybridized carbons (Fsp3) is 0.600. The number of Topliss-reactive ketones (excluding diaryl/α,β-unsaturated/α-hetero) is 1. The highest BCUT2D eigenvalue weighted by molar-refractivity contribution is 6.00. The van der Waals surface area contributed by atoms with E-state index in [1.54, 1.807) is 13.0 Å². The molecule has 0 saturated heterocycles. The highest BCUT2D eigenvalue weighted by Gasteiger charge is 2.57. The lowest BCUT2D eigenvalue weighted by Crippen LogP contribution is -2.53. The Hall–Kier alpha value is -1.84. The van der Waals surface area contributed by atoms with Gasteiger partial charge in [0, 0.05) is 12.0 Å². The van der Waals surface area contributed by atoms with E-state index in [1.807, 2.05) is 19.9 Å². The van der Waals surface area contributed by atoms with Crippen molar-refractivity contribution in [3.63, 3.8) is 0 Å². The molecule has 0 bridgehead atoms. The van der Waals surface area contributed by atoms with Crippen molar-refractivity contribution in [2.75, 3.05) is 0 Å². The Labute approximate surface area is 142 Å². The summed E-state index contributed by atoms with van der Waals surface area (Å²) in [6, 6.07) is 3.55. The Bertz CT molecular complexity index is 721. The van der Waals surface area contributed by atoms with Crippen molar-refractivity contribution < 1.29 is 19.8 Å². The molecule has 4 heteroatoms. The van der Waals surface area contributed by atoms with E-state index in [0.717, 1.165) is 24.0 Å². The molecule has 0 unspecified atom stereocenters. The van der Waals surface area contributed by atoms with Crippen LogP contribution in [0.15, 0.2) is 12.1 Å². The molecule has 4 nitrogen and oxygen atoms in total. The van der Waals surface area contributed by atoms with Crippen molar-refractivity contribution >= 4 is 11.8 Å². The number of hydrogen-bond acceptors (Lipinski definition) is 3. The molecule has 0 aromatic heterocycles. The number of rotatable bonds is 2. The van der Waals surface area contributed by atoms with Gasteiger partial charge in [0.15, 0.2) is 5.78 Å². The maximum Gasteiger partial charge on any atom is 0.309 e. The lowest BCUT2D eigenvalue weighted by Gasteiger charge is -2.53. The Morgan fingerprint density at radius 1 is 1.25 bits per heavy atom. The number of aliphatic carboxylic acids is 1. The zero-order valence-corrected chi connectivity index (χ0v) is 14.8. The van der Waals surface area contributed by atoms with E-state index in [-0.39, 0.29) is 35.2 Å². The van der Waals surface area contributed by atoms with Crippen LogP contribution in [-0.2, 0) is 10.2 Å². The first-order valence-electron chi connectivity index (χ1n) is 8.75. The molecule has 1 saturated carbocycles. The quantitative estimate of drug-likeness (QED) is 0.850. The predicted octanol–water partition coefficient (Wildman–Crippen LogP) is 4.25. The summed E-state index contributed by atoms with van der Waals surface area (Å²) in [5.74, 6) is -0.759. The molecule has 0 radical (unpaired) electrons. The van der Waals surface area contributed by atoms with Crippen LogP contribution in [0, 0.1) is 11.3 Å². The Balaban J connectivity index is 2.23. The van der Waals surface area contributed by atoms with E-state index < -0.39 is 11.4 Å². The number of ketones is 1. The highest BCUT2D eigenvalue weighted by Crippen LogP contribution is 2.58. The molecule has 0 amide bonds. The van der Waals surface area contributed by atoms with Crippen LogP contribution in [0.4, 0.5) is 0 Å². The van der Waals surface area contributed by atoms with Crippen LogP contribution in [0.3, 0.4) is 0 Å². The van der Waals surface area contributed by atoms with Gasteiger partial charge in [0.05, 0.1) is 5.41 Å². The number of carbonyl (C=O) groups excluding carboxylic acids is 1. The van der Waals surface area contributed by atoms with Crippen molar-refractivity contribution in [2.45, 2.75) is 64.7 Å². The molecule has 2 aliphatic carbocycles. The monoisotopic (exact) mass is 330 g/mol. The van der Waals surface area contributed by atoms with Gasteiger partial charge in [0.25, 0.3) is 0 Å². The Morgan fingerprint density at radius 3 is 2.50 bits per heavy atom. The molecule has 1 aromatic rings. The number of fused-ring (bicyclic) bond motifs is 3. The summed E-state index contributed by atoms with van der Waals surface area (Å²) in [6.45, 7) is 7.91. The van der Waals surface area contributed by atoms with Crippen LogP contribution < -0.4 is 0 Å². The minimum Gasteiger partial charge on any atom is -0.508 e. The molecule has 24 heavy (non-hydrogen) atoms. The van der Waals surface area contributed by atoms with E-state index in [2.05, 4.69) is 6.92 Å². The number of hydrogen-bond donors (Lipinski definition) is 2. The Morgan fingerprint density at radius 2 is 1.92 bits per heavy atom. The summed E-state index contributed by atoms with van der Waals surface area (Å²) in [6.07, 6.45) is 2.57. The van der Waals surface area contributed by atoms with Gasteiger partial charge in [-0.05, 0) is 54.2 Å². The van der Waals surface area contributed by atoms with Gasteiger partial charge in [-0.2, -0.15) is 0 Å². The fourth-order valence-electron chi connectivity index (χ4n) is 4.97. The van der Waals surface area contributed by atoms with Gasteiger partial charge >= 0.3 is 5.97 Å². The minimum atomic E-state index is -0.879. The van der Waals surface area contributed by atoms with Crippen LogP contribution in [-0.4, -0.2) is 22.0 Å². The second kappa shape index (κ2) is 5.33. The van der Waals surface area contributed by atoms with Crippen molar-refractivity contribution in [2.24, 2.45) is 11.3 Å². The van der Waals surface area contributed by atoms with Gasteiger partial charge < -0.3 is 10.2 Å². The largest absolute Gasteiger partial charge is 0.508 e. The number of aromatic hydroxyl groups is 1. The molecule has 3 atom stereocenters. The van der Waals surface area contributed by atoms with E-state index in [9.17, 15) is 19.8 Å². The van der Waals surface area contributed by atoms with Crippen molar-refractivity contribution in [1.82, 2.24) is 0 Å². The molecule has 130 valence electrons. The number of phenols is 1. The average molecular weight is 330 g/mol. The third-order valence-corrected chi connectivity index (χ3v) is 6.51. The molecule has 0 spiro atoms. The second-order valence-corrected chi connectivity index (χ2v) is 8.28. The third kappa shape index (κ3) is 2.19. The van der Waals surface area contributed by atoms with Gasteiger partial charge in [-0.1, -0.05) is 33.3 Å². The molecule has 1 fully saturated rings. The fourth-order valence-corrected chi connectivity index (χ4v) is 4.97. The maximum atomic E-state index is 12.7. The number of carboxylic acid groups (broad SMARTS) is 1. The summed E-state index contributed by atoms with van der Waals surface area (Å²) in [5.41, 5.74) is 1.11. The van der Waals surface area contributed by atoms with Crippen molar-refractivity contribution in [3.8, 4) is 5.75 Å². The molecule has 1 aromatic carbocycles. The predicted molar refractivity (Wildman–Crippen MR) is 91.6 cm³/mol. The Kier molecular flexibility index (Phi) is 3.78. The van der Waals surface area contributed by atoms with Gasteiger partial charge in [0.1, 0.15) is 5.75 Å². The first-order chi connectivity index (χ1) is 11.1. The SMILES string of the molecule is CC(C)c1cc2c(cc1O)C(=O)C[C@H]1[C@](C)(C(=O)O)CCC[C@]21C. The van der Waals surface area contributed by atoms with Gasteiger partial charge in [-0.3, -0.25) is 9.59 Å². The lowest BCUT2D eigenvalue weighted by atomic mass is 9.49. The molecular formula is C20H26O4. The van der Waals surface area contributed by atoms with Gasteiger partial charge in [0.2, 0.25) is 0 Å². The zero-order valence-electron chi connectivity index (χ0n) is 14.8. The second-order valence-electron chi connectivity index (χ2n) is 8.28. The van der Waals surface area contributed by atoms with Crippen molar-refractivity contribution in [3.05, 3.63) is 28.8 Å². The summed E-state index contributed by atoms with van der Waals surface area (Å²) < 4.78 is 0. The van der Waals surface area contributed by atoms with Crippen LogP contribution >= 0.6 is 0 Å². The molecular weight excluding hydrogens is 304 g/mol. The normalized spacial score (nSPS) is 32.4. The number of carbonyl (C=O) groups is 2. The first-order valence-corrected chi connectivity index (χ1v) is 8.75. The summed E-state index contributed by atoms with van der Waals surface area (Å²) in [5, 5.41) is 20.1. The zero-order chi connectivity index (χ0) is 17.9. The summed E-state index contributed by atoms with van der Waals surface area (Å²) in [4.78, 5) is 24.7. The minimum absolute atomic E-state index is 0.0487. The molecule has 0 aliphatic heterocycles. The van der Waals surface area contributed by atoms with E-state index >= 15 is 0 Å². The van der Waals surface area contributed by atoms with E-state index in [4.69, 9.17) is 0 Å². The summed E-state index contributed by atoms with van der Waals surface area (Å²) in [7, 11) is 0. The standard InChI is InChI=1S/C20H26O4/c1-11(2)12-8-14-13(9-15(12)21)16(22)10-17-19(14,3)6-5-7-20(17,4)18(23)24/h8-9,11,17,21H,5-7,10H2,1-4H3,(H,23,24)/t17-,19-,20-/m1/s1. The first kappa shape index (κ1) is 17.0. The number of phenolic OH excluding ortho intramolecular Hbond substituents is 1. The summed E-state index contributed by atoms with van der Waals surface area (Å²) >= 11 is 0. The van der Waals surface area contributed by atoms with Crippen LogP contribution in [0.5, 0.6) is 5.75 Å². The highest BCUT2D eigenvalue weighted by atomic mass is 16.4. The van der Waals surface area contributed by atoms with Crippen LogP contribution in [0.25, 0.3) is 0 Å². The van der Waals surface area contributed by atoms with Gasteiger partial charge in [-0.15, -0.1) is 0 Å². The lowest BCUT2D eigenvalue weighted by molar-refractivity contribution is -0.156. The van der Waals surface area contributed by atoms with Crippen molar-refractivity contribution in [1.29, 1.82) is 0 Å². The molecule has 2 aliphatic rings. The number of benzene rings is 1. The number of carboxylic acids is 1. The van der Waals surface area contributed by atoms with Gasteiger partial charge in [-0.25, -0.2) is 0 Å². The molecule has 2 N–H and O–H groups in total.